The first-order chi connectivity index (χ1) is 9.72. The molecule has 1 aromatic heterocycles. The first kappa shape index (κ1) is 13.6. The van der Waals surface area contributed by atoms with Gasteiger partial charge in [-0.05, 0) is 31.4 Å². The van der Waals surface area contributed by atoms with Crippen LogP contribution in [0.4, 0.5) is 10.8 Å². The van der Waals surface area contributed by atoms with Crippen molar-refractivity contribution in [2.45, 2.75) is 35.8 Å². The van der Waals surface area contributed by atoms with Gasteiger partial charge in [-0.3, -0.25) is 4.79 Å². The van der Waals surface area contributed by atoms with Crippen LogP contribution in [0.2, 0.25) is 0 Å². The number of aryl methyl sites for hydroxylation is 1. The van der Waals surface area contributed by atoms with Crippen molar-refractivity contribution < 1.29 is 4.79 Å². The maximum atomic E-state index is 11.6. The molecule has 1 N–H and O–H groups in total. The monoisotopic (exact) mass is 305 g/mol. The van der Waals surface area contributed by atoms with Crippen LogP contribution in [0, 0.1) is 6.92 Å². The van der Waals surface area contributed by atoms with E-state index >= 15 is 0 Å². The average Bonchev–Trinajstić information content (AvgIpc) is 3.03. The Kier molecular flexibility index (Phi) is 4.03. The van der Waals surface area contributed by atoms with E-state index in [0.717, 1.165) is 28.0 Å². The van der Waals surface area contributed by atoms with Crippen molar-refractivity contribution in [2.75, 3.05) is 5.32 Å². The summed E-state index contributed by atoms with van der Waals surface area (Å²) in [6.45, 7) is 2.05. The van der Waals surface area contributed by atoms with Gasteiger partial charge in [-0.15, -0.1) is 10.2 Å². The molecule has 1 atom stereocenters. The number of para-hydroxylation sites is 1. The maximum Gasteiger partial charge on any atom is 0.210 e. The fourth-order valence-electron chi connectivity index (χ4n) is 2.17. The summed E-state index contributed by atoms with van der Waals surface area (Å²) in [5, 5.41) is 12.4. The molecule has 3 rings (SSSR count). The Morgan fingerprint density at radius 1 is 1.35 bits per heavy atom. The number of hydrogen-bond donors (Lipinski definition) is 1. The molecular formula is C14H15N3OS2. The number of benzene rings is 1. The van der Waals surface area contributed by atoms with Crippen LogP contribution in [0.1, 0.15) is 24.8 Å². The summed E-state index contributed by atoms with van der Waals surface area (Å²) in [6, 6.07) is 8.07. The number of anilines is 2. The fraction of sp³-hybridized carbons (Fsp3) is 0.357. The molecule has 1 aliphatic carbocycles. The summed E-state index contributed by atoms with van der Waals surface area (Å²) in [4.78, 5) is 11.6. The summed E-state index contributed by atoms with van der Waals surface area (Å²) < 4.78 is 0.862. The maximum absolute atomic E-state index is 11.6. The summed E-state index contributed by atoms with van der Waals surface area (Å²) >= 11 is 3.05. The normalized spacial score (nSPS) is 18.4. The largest absolute Gasteiger partial charge is 0.330 e. The molecule has 0 aliphatic heterocycles. The summed E-state index contributed by atoms with van der Waals surface area (Å²) in [5.41, 5.74) is 2.21. The molecule has 1 aromatic carbocycles. The van der Waals surface area contributed by atoms with Crippen LogP contribution in [0.15, 0.2) is 28.6 Å². The third-order valence-electron chi connectivity index (χ3n) is 3.28. The Bertz CT molecular complexity index is 626. The minimum absolute atomic E-state index is 0.0780. The van der Waals surface area contributed by atoms with Crippen LogP contribution >= 0.6 is 23.1 Å². The second-order valence-electron chi connectivity index (χ2n) is 4.78. The van der Waals surface area contributed by atoms with E-state index in [9.17, 15) is 4.79 Å². The molecule has 0 saturated heterocycles. The van der Waals surface area contributed by atoms with E-state index in [1.807, 2.05) is 18.2 Å². The fourth-order valence-corrected chi connectivity index (χ4v) is 4.30. The van der Waals surface area contributed by atoms with Crippen molar-refractivity contribution >= 4 is 39.7 Å². The molecule has 104 valence electrons. The predicted molar refractivity (Wildman–Crippen MR) is 82.9 cm³/mol. The third kappa shape index (κ3) is 3.02. The highest BCUT2D eigenvalue weighted by Crippen LogP contribution is 2.36. The van der Waals surface area contributed by atoms with Gasteiger partial charge in [-0.25, -0.2) is 0 Å². The van der Waals surface area contributed by atoms with E-state index in [4.69, 9.17) is 0 Å². The molecule has 20 heavy (non-hydrogen) atoms. The number of nitrogens with one attached hydrogen (secondary N) is 1. The minimum Gasteiger partial charge on any atom is -0.330 e. The standard InChI is InChI=1S/C14H15N3OS2/c1-9-5-2-3-6-10(9)15-13-16-17-14(20-13)19-12-8-4-7-11(12)18/h2-3,5-6,12H,4,7-8H2,1H3,(H,15,16)/t12-/m0/s1. The van der Waals surface area contributed by atoms with Gasteiger partial charge in [0, 0.05) is 12.1 Å². The first-order valence-electron chi connectivity index (χ1n) is 6.58. The van der Waals surface area contributed by atoms with Crippen LogP contribution in [-0.4, -0.2) is 21.2 Å². The van der Waals surface area contributed by atoms with E-state index in [-0.39, 0.29) is 5.25 Å². The molecule has 4 nitrogen and oxygen atoms in total. The van der Waals surface area contributed by atoms with E-state index in [1.54, 1.807) is 11.8 Å². The SMILES string of the molecule is Cc1ccccc1Nc1nnc(S[C@H]2CCCC2=O)s1. The summed E-state index contributed by atoms with van der Waals surface area (Å²) in [5.74, 6) is 0.346. The first-order valence-corrected chi connectivity index (χ1v) is 8.27. The molecule has 1 heterocycles. The molecule has 0 spiro atoms. The second-order valence-corrected chi connectivity index (χ2v) is 7.21. The molecule has 0 amide bonds. The lowest BCUT2D eigenvalue weighted by Crippen LogP contribution is -2.07. The van der Waals surface area contributed by atoms with Crippen molar-refractivity contribution in [1.82, 2.24) is 10.2 Å². The van der Waals surface area contributed by atoms with Crippen molar-refractivity contribution in [2.24, 2.45) is 0 Å². The number of nitrogens with zero attached hydrogens (tertiary/aromatic N) is 2. The Labute approximate surface area is 126 Å². The molecule has 0 bridgehead atoms. The topological polar surface area (TPSA) is 54.9 Å². The van der Waals surface area contributed by atoms with E-state index < -0.39 is 0 Å². The van der Waals surface area contributed by atoms with Crippen molar-refractivity contribution in [3.05, 3.63) is 29.8 Å². The van der Waals surface area contributed by atoms with Gasteiger partial charge in [0.25, 0.3) is 0 Å². The highest BCUT2D eigenvalue weighted by atomic mass is 32.2. The highest BCUT2D eigenvalue weighted by molar-refractivity contribution is 8.02. The Balaban J connectivity index is 1.68. The van der Waals surface area contributed by atoms with Crippen molar-refractivity contribution in [3.63, 3.8) is 0 Å². The number of carbonyl (C=O) groups is 1. The number of aromatic nitrogens is 2. The van der Waals surface area contributed by atoms with Crippen LogP contribution in [0.25, 0.3) is 0 Å². The Morgan fingerprint density at radius 2 is 2.20 bits per heavy atom. The quantitative estimate of drug-likeness (QED) is 0.931. The Morgan fingerprint density at radius 3 is 2.95 bits per heavy atom. The summed E-state index contributed by atoms with van der Waals surface area (Å²) in [7, 11) is 0. The number of thioether (sulfide) groups is 1. The molecule has 1 aliphatic rings. The molecule has 0 unspecified atom stereocenters. The third-order valence-corrected chi connectivity index (χ3v) is 5.52. The zero-order chi connectivity index (χ0) is 13.9. The lowest BCUT2D eigenvalue weighted by atomic mass is 10.2. The van der Waals surface area contributed by atoms with Gasteiger partial charge in [-0.1, -0.05) is 41.3 Å². The van der Waals surface area contributed by atoms with E-state index in [1.165, 1.54) is 16.9 Å². The molecule has 0 radical (unpaired) electrons. The van der Waals surface area contributed by atoms with Crippen LogP contribution in [0.5, 0.6) is 0 Å². The highest BCUT2D eigenvalue weighted by Gasteiger charge is 2.26. The second kappa shape index (κ2) is 5.93. The predicted octanol–water partition coefficient (Wildman–Crippen LogP) is 3.80. The van der Waals surface area contributed by atoms with Gasteiger partial charge in [0.05, 0.1) is 5.25 Å². The van der Waals surface area contributed by atoms with Gasteiger partial charge in [0.1, 0.15) is 5.78 Å². The molecule has 2 aromatic rings. The van der Waals surface area contributed by atoms with Gasteiger partial charge >= 0.3 is 0 Å². The number of hydrogen-bond acceptors (Lipinski definition) is 6. The number of Topliss-reactive ketones (excluding diaryl/α,β-unsaturated/α-hetero) is 1. The lowest BCUT2D eigenvalue weighted by Gasteiger charge is -2.05. The molecule has 6 heteroatoms. The van der Waals surface area contributed by atoms with Crippen LogP contribution < -0.4 is 5.32 Å². The van der Waals surface area contributed by atoms with Crippen molar-refractivity contribution in [3.8, 4) is 0 Å². The Hall–Kier alpha value is -1.40. The van der Waals surface area contributed by atoms with E-state index in [0.29, 0.717) is 12.2 Å². The molecular weight excluding hydrogens is 290 g/mol. The zero-order valence-electron chi connectivity index (χ0n) is 11.1. The summed E-state index contributed by atoms with van der Waals surface area (Å²) in [6.07, 6.45) is 2.68. The van der Waals surface area contributed by atoms with Crippen molar-refractivity contribution in [1.29, 1.82) is 0 Å². The zero-order valence-corrected chi connectivity index (χ0v) is 12.8. The average molecular weight is 305 g/mol. The molecule has 1 saturated carbocycles. The van der Waals surface area contributed by atoms with Gasteiger partial charge in [-0.2, -0.15) is 0 Å². The van der Waals surface area contributed by atoms with Crippen LogP contribution in [0.3, 0.4) is 0 Å². The van der Waals surface area contributed by atoms with Gasteiger partial charge in [0.15, 0.2) is 4.34 Å². The lowest BCUT2D eigenvalue weighted by molar-refractivity contribution is -0.116. The number of ketones is 1. The van der Waals surface area contributed by atoms with Gasteiger partial charge < -0.3 is 5.32 Å². The number of rotatable bonds is 4. The van der Waals surface area contributed by atoms with E-state index in [2.05, 4.69) is 28.5 Å². The van der Waals surface area contributed by atoms with Crippen LogP contribution in [-0.2, 0) is 4.79 Å². The minimum atomic E-state index is 0.0780. The van der Waals surface area contributed by atoms with Gasteiger partial charge in [0.2, 0.25) is 5.13 Å². The smallest absolute Gasteiger partial charge is 0.210 e. The number of carbonyl (C=O) groups excluding carboxylic acids is 1. The molecule has 1 fully saturated rings.